The maximum absolute atomic E-state index is 12.8. The third kappa shape index (κ3) is 6.28. The molecule has 0 spiro atoms. The van der Waals surface area contributed by atoms with E-state index in [0.717, 1.165) is 29.5 Å². The van der Waals surface area contributed by atoms with Gasteiger partial charge < -0.3 is 15.1 Å². The molecule has 1 aliphatic heterocycles. The van der Waals surface area contributed by atoms with Crippen molar-refractivity contribution in [2.45, 2.75) is 25.5 Å². The molecule has 188 valence electrons. The SMILES string of the molecule is O=C(NN(Cc1ccc(-c2cccc(Cl)c2)cc1)C[C@@H](O)C(=O)O)c1cc(C(=O)N2CCCC2)n[nH]1. The van der Waals surface area contributed by atoms with Gasteiger partial charge >= 0.3 is 5.97 Å². The number of likely N-dealkylation sites (tertiary alicyclic amines) is 1. The Morgan fingerprint density at radius 2 is 1.81 bits per heavy atom. The van der Waals surface area contributed by atoms with Gasteiger partial charge in [0.15, 0.2) is 11.8 Å². The van der Waals surface area contributed by atoms with E-state index in [4.69, 9.17) is 16.7 Å². The number of rotatable bonds is 9. The number of halogens is 1. The molecule has 1 fully saturated rings. The standard InChI is InChI=1S/C25H26ClN5O5/c26-19-5-3-4-18(12-19)17-8-6-16(7-9-17)14-31(15-22(32)25(35)36)29-23(33)20-13-21(28-27-20)24(34)30-10-1-2-11-30/h3-9,12-13,22,32H,1-2,10-11,14-15H2,(H,27,28)(H,29,33)(H,35,36)/t22-/m1/s1. The Balaban J connectivity index is 1.46. The van der Waals surface area contributed by atoms with Gasteiger partial charge in [0, 0.05) is 30.7 Å². The lowest BCUT2D eigenvalue weighted by Crippen LogP contribution is -2.47. The van der Waals surface area contributed by atoms with Crippen molar-refractivity contribution >= 4 is 29.4 Å². The van der Waals surface area contributed by atoms with Crippen molar-refractivity contribution < 1.29 is 24.6 Å². The molecule has 0 bridgehead atoms. The minimum absolute atomic E-state index is 0.0451. The summed E-state index contributed by atoms with van der Waals surface area (Å²) in [6, 6.07) is 16.2. The third-order valence-corrected chi connectivity index (χ3v) is 6.09. The number of H-pyrrole nitrogens is 1. The summed E-state index contributed by atoms with van der Waals surface area (Å²) in [5, 5.41) is 27.5. The number of hydrogen-bond acceptors (Lipinski definition) is 6. The van der Waals surface area contributed by atoms with Gasteiger partial charge in [0.2, 0.25) is 0 Å². The number of amides is 2. The van der Waals surface area contributed by atoms with Crippen molar-refractivity contribution in [1.82, 2.24) is 25.5 Å². The Labute approximate surface area is 212 Å². The molecular formula is C25H26ClN5O5. The fourth-order valence-electron chi connectivity index (χ4n) is 3.96. The fourth-order valence-corrected chi connectivity index (χ4v) is 4.15. The lowest BCUT2D eigenvalue weighted by molar-refractivity contribution is -0.148. The molecule has 0 aliphatic carbocycles. The van der Waals surface area contributed by atoms with Gasteiger partial charge in [-0.05, 0) is 41.7 Å². The Kier molecular flexibility index (Phi) is 7.99. The monoisotopic (exact) mass is 511 g/mol. The Bertz CT molecular complexity index is 1240. The van der Waals surface area contributed by atoms with Gasteiger partial charge in [0.25, 0.3) is 11.8 Å². The summed E-state index contributed by atoms with van der Waals surface area (Å²) >= 11 is 6.07. The second-order valence-corrected chi connectivity index (χ2v) is 8.99. The molecule has 36 heavy (non-hydrogen) atoms. The van der Waals surface area contributed by atoms with Crippen molar-refractivity contribution in [2.24, 2.45) is 0 Å². The molecule has 11 heteroatoms. The van der Waals surface area contributed by atoms with Crippen LogP contribution in [0.15, 0.2) is 54.6 Å². The van der Waals surface area contributed by atoms with E-state index in [1.807, 2.05) is 42.5 Å². The Morgan fingerprint density at radius 1 is 1.08 bits per heavy atom. The van der Waals surface area contributed by atoms with Crippen LogP contribution in [-0.4, -0.2) is 73.8 Å². The van der Waals surface area contributed by atoms with Crippen LogP contribution in [0, 0.1) is 0 Å². The molecule has 10 nitrogen and oxygen atoms in total. The zero-order valence-corrected chi connectivity index (χ0v) is 20.1. The number of carbonyl (C=O) groups is 3. The van der Waals surface area contributed by atoms with E-state index in [0.29, 0.717) is 18.1 Å². The smallest absolute Gasteiger partial charge is 0.333 e. The van der Waals surface area contributed by atoms with Crippen LogP contribution in [0.3, 0.4) is 0 Å². The van der Waals surface area contributed by atoms with Gasteiger partial charge in [-0.15, -0.1) is 0 Å². The van der Waals surface area contributed by atoms with E-state index in [9.17, 15) is 19.5 Å². The molecule has 0 saturated carbocycles. The van der Waals surface area contributed by atoms with Crippen molar-refractivity contribution in [3.63, 3.8) is 0 Å². The molecule has 0 unspecified atom stereocenters. The summed E-state index contributed by atoms with van der Waals surface area (Å²) in [6.45, 7) is 1.08. The number of carboxylic acid groups (broad SMARTS) is 1. The number of aromatic nitrogens is 2. The number of aliphatic hydroxyl groups excluding tert-OH is 1. The first-order valence-electron chi connectivity index (χ1n) is 11.5. The Morgan fingerprint density at radius 3 is 2.47 bits per heavy atom. The molecule has 0 radical (unpaired) electrons. The van der Waals surface area contributed by atoms with Crippen LogP contribution in [0.25, 0.3) is 11.1 Å². The van der Waals surface area contributed by atoms with E-state index in [-0.39, 0.29) is 30.4 Å². The second-order valence-electron chi connectivity index (χ2n) is 8.55. The maximum atomic E-state index is 12.8. The molecule has 1 atom stereocenters. The van der Waals surface area contributed by atoms with Crippen LogP contribution < -0.4 is 5.43 Å². The van der Waals surface area contributed by atoms with Crippen LogP contribution in [0.5, 0.6) is 0 Å². The average molecular weight is 512 g/mol. The number of nitrogens with zero attached hydrogens (tertiary/aromatic N) is 3. The van der Waals surface area contributed by atoms with E-state index in [1.54, 1.807) is 11.0 Å². The number of aromatic amines is 1. The number of aliphatic carboxylic acids is 1. The predicted molar refractivity (Wildman–Crippen MR) is 132 cm³/mol. The molecule has 1 saturated heterocycles. The molecule has 2 amide bonds. The molecule has 1 aliphatic rings. The predicted octanol–water partition coefficient (Wildman–Crippen LogP) is 2.56. The van der Waals surface area contributed by atoms with Crippen LogP contribution >= 0.6 is 11.6 Å². The van der Waals surface area contributed by atoms with Crippen LogP contribution in [0.2, 0.25) is 5.02 Å². The second kappa shape index (κ2) is 11.3. The van der Waals surface area contributed by atoms with E-state index < -0.39 is 18.0 Å². The van der Waals surface area contributed by atoms with Gasteiger partial charge in [0.05, 0.1) is 6.54 Å². The molecule has 2 aromatic carbocycles. The number of benzene rings is 2. The largest absolute Gasteiger partial charge is 0.479 e. The zero-order chi connectivity index (χ0) is 25.7. The van der Waals surface area contributed by atoms with Gasteiger partial charge in [-0.2, -0.15) is 5.10 Å². The van der Waals surface area contributed by atoms with Gasteiger partial charge in [-0.1, -0.05) is 48.0 Å². The highest BCUT2D eigenvalue weighted by Crippen LogP contribution is 2.23. The summed E-state index contributed by atoms with van der Waals surface area (Å²) in [5.74, 6) is -2.28. The summed E-state index contributed by atoms with van der Waals surface area (Å²) in [7, 11) is 0. The average Bonchev–Trinajstić information content (AvgIpc) is 3.57. The van der Waals surface area contributed by atoms with Gasteiger partial charge in [-0.25, -0.2) is 9.80 Å². The minimum Gasteiger partial charge on any atom is -0.479 e. The summed E-state index contributed by atoms with van der Waals surface area (Å²) < 4.78 is 0. The molecule has 1 aromatic heterocycles. The summed E-state index contributed by atoms with van der Waals surface area (Å²) in [4.78, 5) is 38.2. The highest BCUT2D eigenvalue weighted by atomic mass is 35.5. The first-order chi connectivity index (χ1) is 17.3. The molecule has 4 rings (SSSR count). The summed E-state index contributed by atoms with van der Waals surface area (Å²) in [6.07, 6.45) is 0.152. The van der Waals surface area contributed by atoms with E-state index in [1.165, 1.54) is 11.1 Å². The quantitative estimate of drug-likeness (QED) is 0.324. The van der Waals surface area contributed by atoms with Crippen molar-refractivity contribution in [3.05, 3.63) is 76.6 Å². The van der Waals surface area contributed by atoms with Crippen LogP contribution in [-0.2, 0) is 11.3 Å². The number of carboxylic acids is 1. The minimum atomic E-state index is -1.72. The van der Waals surface area contributed by atoms with E-state index in [2.05, 4.69) is 15.6 Å². The van der Waals surface area contributed by atoms with Gasteiger partial charge in [0.1, 0.15) is 5.69 Å². The van der Waals surface area contributed by atoms with Gasteiger partial charge in [-0.3, -0.25) is 20.1 Å². The zero-order valence-electron chi connectivity index (χ0n) is 19.4. The highest BCUT2D eigenvalue weighted by molar-refractivity contribution is 6.30. The Hall–Kier alpha value is -3.73. The highest BCUT2D eigenvalue weighted by Gasteiger charge is 2.25. The molecule has 2 heterocycles. The molecule has 4 N–H and O–H groups in total. The number of nitrogens with one attached hydrogen (secondary N) is 2. The van der Waals surface area contributed by atoms with Crippen LogP contribution in [0.1, 0.15) is 39.4 Å². The lowest BCUT2D eigenvalue weighted by Gasteiger charge is -2.24. The topological polar surface area (TPSA) is 139 Å². The number of hydrazine groups is 1. The normalized spacial score (nSPS) is 14.1. The summed E-state index contributed by atoms with van der Waals surface area (Å²) in [5.41, 5.74) is 5.44. The van der Waals surface area contributed by atoms with E-state index >= 15 is 0 Å². The van der Waals surface area contributed by atoms with Crippen molar-refractivity contribution in [3.8, 4) is 11.1 Å². The lowest BCUT2D eigenvalue weighted by atomic mass is 10.0. The fraction of sp³-hybridized carbons (Fsp3) is 0.280. The maximum Gasteiger partial charge on any atom is 0.333 e. The number of carbonyl (C=O) groups excluding carboxylic acids is 2. The molecule has 3 aromatic rings. The third-order valence-electron chi connectivity index (χ3n) is 5.86. The number of hydrogen-bond donors (Lipinski definition) is 4. The first kappa shape index (κ1) is 25.4. The molecular weight excluding hydrogens is 486 g/mol. The van der Waals surface area contributed by atoms with Crippen molar-refractivity contribution in [1.29, 1.82) is 0 Å². The first-order valence-corrected chi connectivity index (χ1v) is 11.8. The van der Waals surface area contributed by atoms with Crippen LogP contribution in [0.4, 0.5) is 0 Å². The van der Waals surface area contributed by atoms with Crippen molar-refractivity contribution in [2.75, 3.05) is 19.6 Å². The number of aliphatic hydroxyl groups is 1.